The normalized spacial score (nSPS) is 14.5. The molecular weight excluding hydrogens is 369 g/mol. The van der Waals surface area contributed by atoms with Crippen molar-refractivity contribution in [2.75, 3.05) is 0 Å². The van der Waals surface area contributed by atoms with Crippen LogP contribution in [0.1, 0.15) is 51.6 Å². The molecule has 0 saturated heterocycles. The molecule has 1 aromatic carbocycles. The third-order valence-electron chi connectivity index (χ3n) is 4.99. The summed E-state index contributed by atoms with van der Waals surface area (Å²) in [6, 6.07) is 7.00. The van der Waals surface area contributed by atoms with Crippen LogP contribution in [-0.4, -0.2) is 20.7 Å². The number of pyridine rings is 1. The molecule has 5 nitrogen and oxygen atoms in total. The van der Waals surface area contributed by atoms with Crippen LogP contribution in [0.15, 0.2) is 30.3 Å². The van der Waals surface area contributed by atoms with Gasteiger partial charge in [-0.05, 0) is 37.5 Å². The highest BCUT2D eigenvalue weighted by molar-refractivity contribution is 6.06. The number of nitrogens with zero attached hydrogens (tertiary/aromatic N) is 3. The summed E-state index contributed by atoms with van der Waals surface area (Å²) in [5.41, 5.74) is 1.79. The number of aryl methyl sites for hydroxylation is 2. The number of aromatic nitrogens is 3. The number of carbonyl (C=O) groups excluding carboxylic acids is 1. The average Bonchev–Trinajstić information content (AvgIpc) is 3.45. The van der Waals surface area contributed by atoms with E-state index < -0.39 is 17.6 Å². The zero-order valence-electron chi connectivity index (χ0n) is 15.5. The molecule has 0 atom stereocenters. The summed E-state index contributed by atoms with van der Waals surface area (Å²) in [6.45, 7) is 1.58. The third kappa shape index (κ3) is 3.34. The van der Waals surface area contributed by atoms with E-state index in [2.05, 4.69) is 15.4 Å². The number of alkyl halides is 3. The molecule has 1 aliphatic carbocycles. The van der Waals surface area contributed by atoms with Crippen LogP contribution < -0.4 is 5.32 Å². The Balaban J connectivity index is 1.67. The summed E-state index contributed by atoms with van der Waals surface area (Å²) in [5.74, 6) is -0.0977. The van der Waals surface area contributed by atoms with Crippen LogP contribution in [0.4, 0.5) is 13.2 Å². The van der Waals surface area contributed by atoms with Crippen molar-refractivity contribution in [3.05, 3.63) is 58.4 Å². The van der Waals surface area contributed by atoms with Crippen molar-refractivity contribution in [3.63, 3.8) is 0 Å². The molecule has 2 aromatic heterocycles. The van der Waals surface area contributed by atoms with Gasteiger partial charge in [-0.2, -0.15) is 18.3 Å². The Morgan fingerprint density at radius 3 is 2.68 bits per heavy atom. The second-order valence-corrected chi connectivity index (χ2v) is 7.11. The summed E-state index contributed by atoms with van der Waals surface area (Å²) in [4.78, 5) is 17.5. The first-order valence-corrected chi connectivity index (χ1v) is 9.03. The van der Waals surface area contributed by atoms with Gasteiger partial charge in [0, 0.05) is 25.2 Å². The Morgan fingerprint density at radius 1 is 1.29 bits per heavy atom. The minimum atomic E-state index is -4.47. The van der Waals surface area contributed by atoms with Gasteiger partial charge in [-0.25, -0.2) is 4.98 Å². The molecular formula is C20H19F3N4O. The van der Waals surface area contributed by atoms with Gasteiger partial charge < -0.3 is 5.32 Å². The van der Waals surface area contributed by atoms with E-state index in [0.717, 1.165) is 24.6 Å². The highest BCUT2D eigenvalue weighted by Gasteiger charge is 2.33. The van der Waals surface area contributed by atoms with Gasteiger partial charge >= 0.3 is 6.18 Å². The van der Waals surface area contributed by atoms with Crippen LogP contribution in [-0.2, 0) is 19.8 Å². The minimum Gasteiger partial charge on any atom is -0.348 e. The van der Waals surface area contributed by atoms with Crippen molar-refractivity contribution >= 4 is 16.9 Å². The van der Waals surface area contributed by atoms with Crippen LogP contribution >= 0.6 is 0 Å². The Hall–Kier alpha value is -2.90. The van der Waals surface area contributed by atoms with Gasteiger partial charge in [0.05, 0.1) is 22.2 Å². The fourth-order valence-electron chi connectivity index (χ4n) is 3.45. The molecule has 0 unspecified atom stereocenters. The smallest absolute Gasteiger partial charge is 0.348 e. The molecule has 1 fully saturated rings. The van der Waals surface area contributed by atoms with Crippen molar-refractivity contribution in [2.45, 2.75) is 38.4 Å². The van der Waals surface area contributed by atoms with Crippen LogP contribution in [0, 0.1) is 6.92 Å². The summed E-state index contributed by atoms with van der Waals surface area (Å²) < 4.78 is 41.2. The summed E-state index contributed by atoms with van der Waals surface area (Å²) >= 11 is 0. The molecule has 8 heteroatoms. The fraction of sp³-hybridized carbons (Fsp3) is 0.350. The molecule has 1 saturated carbocycles. The molecule has 1 N–H and O–H groups in total. The van der Waals surface area contributed by atoms with E-state index >= 15 is 0 Å². The van der Waals surface area contributed by atoms with Crippen molar-refractivity contribution in [3.8, 4) is 0 Å². The average molecular weight is 388 g/mol. The standard InChI is InChI=1S/C20H19F3N4O/c1-11-17-14(9-16(12-7-8-12)25-18(17)27(2)26-11)19(28)24-10-13-5-3-4-6-15(13)20(21,22)23/h3-6,9,12H,7-8,10H2,1-2H3,(H,24,28). The number of hydrogen-bond donors (Lipinski definition) is 1. The summed E-state index contributed by atoms with van der Waals surface area (Å²) in [7, 11) is 1.76. The van der Waals surface area contributed by atoms with Gasteiger partial charge in [0.1, 0.15) is 0 Å². The molecule has 2 heterocycles. The van der Waals surface area contributed by atoms with Crippen LogP contribution in [0.5, 0.6) is 0 Å². The van der Waals surface area contributed by atoms with E-state index in [1.807, 2.05) is 0 Å². The number of benzene rings is 1. The summed E-state index contributed by atoms with van der Waals surface area (Å²) in [6.07, 6.45) is -2.42. The number of hydrogen-bond acceptors (Lipinski definition) is 3. The van der Waals surface area contributed by atoms with E-state index in [-0.39, 0.29) is 12.1 Å². The Bertz CT molecular complexity index is 1070. The zero-order valence-corrected chi connectivity index (χ0v) is 15.5. The number of halogens is 3. The third-order valence-corrected chi connectivity index (χ3v) is 4.99. The molecule has 1 amide bonds. The maximum Gasteiger partial charge on any atom is 0.416 e. The first kappa shape index (κ1) is 18.5. The van der Waals surface area contributed by atoms with Crippen LogP contribution in [0.25, 0.3) is 11.0 Å². The first-order valence-electron chi connectivity index (χ1n) is 9.03. The first-order chi connectivity index (χ1) is 13.3. The van der Waals surface area contributed by atoms with Crippen LogP contribution in [0.3, 0.4) is 0 Å². The van der Waals surface area contributed by atoms with Crippen LogP contribution in [0.2, 0.25) is 0 Å². The maximum absolute atomic E-state index is 13.2. The lowest BCUT2D eigenvalue weighted by Gasteiger charge is -2.14. The van der Waals surface area contributed by atoms with E-state index in [0.29, 0.717) is 28.2 Å². The second kappa shape index (κ2) is 6.61. The molecule has 146 valence electrons. The molecule has 28 heavy (non-hydrogen) atoms. The maximum atomic E-state index is 13.2. The monoisotopic (exact) mass is 388 g/mol. The SMILES string of the molecule is Cc1nn(C)c2nc(C3CC3)cc(C(=O)NCc3ccccc3C(F)(F)F)c12. The topological polar surface area (TPSA) is 59.8 Å². The van der Waals surface area contributed by atoms with E-state index in [1.165, 1.54) is 18.2 Å². The Labute approximate surface area is 159 Å². The van der Waals surface area contributed by atoms with Gasteiger partial charge in [0.2, 0.25) is 0 Å². The number of amides is 1. The highest BCUT2D eigenvalue weighted by atomic mass is 19.4. The predicted octanol–water partition coefficient (Wildman–Crippen LogP) is 4.10. The molecule has 0 spiro atoms. The molecule has 0 bridgehead atoms. The highest BCUT2D eigenvalue weighted by Crippen LogP contribution is 2.40. The fourth-order valence-corrected chi connectivity index (χ4v) is 3.45. The Morgan fingerprint density at radius 2 is 2.00 bits per heavy atom. The molecule has 0 radical (unpaired) electrons. The van der Waals surface area contributed by atoms with Crippen molar-refractivity contribution in [2.24, 2.45) is 7.05 Å². The number of rotatable bonds is 4. The quantitative estimate of drug-likeness (QED) is 0.732. The summed E-state index contributed by atoms with van der Waals surface area (Å²) in [5, 5.41) is 7.62. The van der Waals surface area contributed by atoms with Gasteiger partial charge in [-0.1, -0.05) is 18.2 Å². The van der Waals surface area contributed by atoms with E-state index in [9.17, 15) is 18.0 Å². The predicted molar refractivity (Wildman–Crippen MR) is 97.8 cm³/mol. The van der Waals surface area contributed by atoms with Gasteiger partial charge in [-0.3, -0.25) is 9.48 Å². The molecule has 3 aromatic rings. The number of carbonyl (C=O) groups is 1. The lowest BCUT2D eigenvalue weighted by molar-refractivity contribution is -0.138. The van der Waals surface area contributed by atoms with Crippen molar-refractivity contribution in [1.82, 2.24) is 20.1 Å². The number of nitrogens with one attached hydrogen (secondary N) is 1. The lowest BCUT2D eigenvalue weighted by atomic mass is 10.1. The second-order valence-electron chi connectivity index (χ2n) is 7.11. The largest absolute Gasteiger partial charge is 0.416 e. The molecule has 4 rings (SSSR count). The zero-order chi connectivity index (χ0) is 20.1. The van der Waals surface area contributed by atoms with Crippen molar-refractivity contribution < 1.29 is 18.0 Å². The van der Waals surface area contributed by atoms with Gasteiger partial charge in [0.15, 0.2) is 5.65 Å². The minimum absolute atomic E-state index is 0.0268. The van der Waals surface area contributed by atoms with Crippen molar-refractivity contribution in [1.29, 1.82) is 0 Å². The number of fused-ring (bicyclic) bond motifs is 1. The molecule has 0 aliphatic heterocycles. The van der Waals surface area contributed by atoms with Gasteiger partial charge in [0.25, 0.3) is 5.91 Å². The van der Waals surface area contributed by atoms with Gasteiger partial charge in [-0.15, -0.1) is 0 Å². The molecule has 1 aliphatic rings. The Kier molecular flexibility index (Phi) is 4.36. The van der Waals surface area contributed by atoms with E-state index in [1.54, 1.807) is 24.7 Å². The lowest BCUT2D eigenvalue weighted by Crippen LogP contribution is -2.25. The van der Waals surface area contributed by atoms with E-state index in [4.69, 9.17) is 0 Å².